The van der Waals surface area contributed by atoms with E-state index in [0.717, 1.165) is 12.5 Å². The second-order valence-corrected chi connectivity index (χ2v) is 8.13. The average Bonchev–Trinajstić information content (AvgIpc) is 2.89. The van der Waals surface area contributed by atoms with Crippen LogP contribution < -0.4 is 25.7 Å². The topological polar surface area (TPSA) is 115 Å². The number of carbonyl (C=O) groups excluding carboxylic acids is 1. The SMILES string of the molecule is CCCCc1nc(O)c(C(=O)NCCNCc2cccc(F)c2F)c(=O)n1-c1c(OC)cccc1OC. The second kappa shape index (κ2) is 12.8. The number of nitrogens with zero attached hydrogens (tertiary/aromatic N) is 2. The van der Waals surface area contributed by atoms with Crippen molar-refractivity contribution in [2.24, 2.45) is 0 Å². The van der Waals surface area contributed by atoms with Crippen molar-refractivity contribution >= 4 is 5.91 Å². The van der Waals surface area contributed by atoms with Gasteiger partial charge in [0.05, 0.1) is 14.2 Å². The molecule has 1 heterocycles. The Labute approximate surface area is 213 Å². The number of rotatable bonds is 12. The summed E-state index contributed by atoms with van der Waals surface area (Å²) < 4.78 is 39.2. The number of halogens is 2. The predicted molar refractivity (Wildman–Crippen MR) is 134 cm³/mol. The van der Waals surface area contributed by atoms with E-state index in [2.05, 4.69) is 15.6 Å². The van der Waals surface area contributed by atoms with Crippen LogP contribution in [-0.2, 0) is 13.0 Å². The fraction of sp³-hybridized carbons (Fsp3) is 0.346. The van der Waals surface area contributed by atoms with Gasteiger partial charge in [0.25, 0.3) is 11.5 Å². The predicted octanol–water partition coefficient (Wildman–Crippen LogP) is 3.10. The van der Waals surface area contributed by atoms with E-state index in [-0.39, 0.29) is 36.7 Å². The Morgan fingerprint density at radius 3 is 2.41 bits per heavy atom. The van der Waals surface area contributed by atoms with Gasteiger partial charge >= 0.3 is 0 Å². The van der Waals surface area contributed by atoms with Crippen LogP contribution in [0.3, 0.4) is 0 Å². The zero-order valence-electron chi connectivity index (χ0n) is 20.9. The molecule has 0 aliphatic heterocycles. The highest BCUT2D eigenvalue weighted by Gasteiger charge is 2.26. The van der Waals surface area contributed by atoms with E-state index < -0.39 is 34.5 Å². The molecular weight excluding hydrogens is 486 g/mol. The van der Waals surface area contributed by atoms with Gasteiger partial charge in [-0.05, 0) is 24.6 Å². The van der Waals surface area contributed by atoms with Crippen molar-refractivity contribution in [1.82, 2.24) is 20.2 Å². The summed E-state index contributed by atoms with van der Waals surface area (Å²) in [5.41, 5.74) is -0.911. The van der Waals surface area contributed by atoms with Crippen LogP contribution in [0.15, 0.2) is 41.2 Å². The number of aryl methyl sites for hydroxylation is 1. The standard InChI is InChI=1S/C26H30F2N4O5/c1-4-5-12-20-31-25(34)21(26(35)32(20)23-18(36-2)10-7-11-19(23)37-3)24(33)30-14-13-29-15-16-8-6-9-17(27)22(16)28/h6-11,29,34H,4-5,12-15H2,1-3H3,(H,30,33). The van der Waals surface area contributed by atoms with E-state index in [0.29, 0.717) is 24.3 Å². The third-order valence-corrected chi connectivity index (χ3v) is 5.67. The highest BCUT2D eigenvalue weighted by atomic mass is 19.2. The van der Waals surface area contributed by atoms with E-state index in [1.807, 2.05) is 6.92 Å². The molecule has 0 radical (unpaired) electrons. The molecule has 11 heteroatoms. The van der Waals surface area contributed by atoms with Crippen molar-refractivity contribution in [2.75, 3.05) is 27.3 Å². The largest absolute Gasteiger partial charge is 0.494 e. The molecule has 0 saturated heterocycles. The summed E-state index contributed by atoms with van der Waals surface area (Å²) >= 11 is 0. The summed E-state index contributed by atoms with van der Waals surface area (Å²) in [4.78, 5) is 30.7. The molecule has 0 atom stereocenters. The van der Waals surface area contributed by atoms with Gasteiger partial charge in [-0.25, -0.2) is 8.78 Å². The molecule has 37 heavy (non-hydrogen) atoms. The lowest BCUT2D eigenvalue weighted by Gasteiger charge is -2.19. The van der Waals surface area contributed by atoms with Gasteiger partial charge < -0.3 is 25.2 Å². The van der Waals surface area contributed by atoms with E-state index in [9.17, 15) is 23.5 Å². The van der Waals surface area contributed by atoms with E-state index in [1.165, 1.54) is 30.9 Å². The number of carbonyl (C=O) groups is 1. The summed E-state index contributed by atoms with van der Waals surface area (Å²) in [5, 5.41) is 16.0. The van der Waals surface area contributed by atoms with Gasteiger partial charge in [-0.2, -0.15) is 4.98 Å². The molecule has 2 aromatic carbocycles. The molecule has 0 aliphatic rings. The van der Waals surface area contributed by atoms with Gasteiger partial charge in [-0.1, -0.05) is 31.5 Å². The van der Waals surface area contributed by atoms with Crippen LogP contribution in [0.5, 0.6) is 17.4 Å². The summed E-state index contributed by atoms with van der Waals surface area (Å²) in [6.45, 7) is 2.26. The van der Waals surface area contributed by atoms with Crippen molar-refractivity contribution in [3.63, 3.8) is 0 Å². The number of aromatic hydroxyl groups is 1. The Morgan fingerprint density at radius 1 is 1.08 bits per heavy atom. The van der Waals surface area contributed by atoms with Crippen molar-refractivity contribution in [1.29, 1.82) is 0 Å². The van der Waals surface area contributed by atoms with Crippen LogP contribution in [-0.4, -0.2) is 47.9 Å². The number of ether oxygens (including phenoxy) is 2. The maximum Gasteiger partial charge on any atom is 0.275 e. The number of aromatic nitrogens is 2. The smallest absolute Gasteiger partial charge is 0.275 e. The van der Waals surface area contributed by atoms with E-state index in [4.69, 9.17) is 9.47 Å². The molecule has 9 nitrogen and oxygen atoms in total. The monoisotopic (exact) mass is 516 g/mol. The molecule has 0 aliphatic carbocycles. The van der Waals surface area contributed by atoms with Gasteiger partial charge in [-0.3, -0.25) is 14.2 Å². The first-order valence-electron chi connectivity index (χ1n) is 11.8. The molecule has 3 aromatic rings. The van der Waals surface area contributed by atoms with Gasteiger partial charge in [0, 0.05) is 31.6 Å². The summed E-state index contributed by atoms with van der Waals surface area (Å²) in [5.74, 6) is -2.50. The summed E-state index contributed by atoms with van der Waals surface area (Å²) in [6, 6.07) is 8.87. The minimum atomic E-state index is -0.944. The van der Waals surface area contributed by atoms with Gasteiger partial charge in [0.2, 0.25) is 5.88 Å². The normalized spacial score (nSPS) is 10.8. The number of hydrogen-bond acceptors (Lipinski definition) is 7. The molecule has 0 bridgehead atoms. The lowest BCUT2D eigenvalue weighted by Crippen LogP contribution is -2.37. The fourth-order valence-electron chi connectivity index (χ4n) is 3.80. The second-order valence-electron chi connectivity index (χ2n) is 8.13. The minimum absolute atomic E-state index is 0.0405. The molecular formula is C26H30F2N4O5. The first-order chi connectivity index (χ1) is 17.8. The Hall–Kier alpha value is -3.99. The number of amides is 1. The molecule has 1 amide bonds. The van der Waals surface area contributed by atoms with Crippen LogP contribution >= 0.6 is 0 Å². The first kappa shape index (κ1) is 27.6. The van der Waals surface area contributed by atoms with Crippen LogP contribution in [0.2, 0.25) is 0 Å². The molecule has 0 spiro atoms. The Kier molecular flexibility index (Phi) is 9.56. The summed E-state index contributed by atoms with van der Waals surface area (Å²) in [6.07, 6.45) is 1.86. The van der Waals surface area contributed by atoms with Crippen LogP contribution in [0.25, 0.3) is 5.69 Å². The van der Waals surface area contributed by atoms with E-state index >= 15 is 0 Å². The number of para-hydroxylation sites is 1. The third-order valence-electron chi connectivity index (χ3n) is 5.67. The van der Waals surface area contributed by atoms with Gasteiger partial charge in [0.1, 0.15) is 23.0 Å². The van der Waals surface area contributed by atoms with E-state index in [1.54, 1.807) is 18.2 Å². The maximum atomic E-state index is 13.8. The zero-order valence-corrected chi connectivity index (χ0v) is 20.9. The molecule has 3 N–H and O–H groups in total. The molecule has 0 saturated carbocycles. The highest BCUT2D eigenvalue weighted by molar-refractivity contribution is 5.96. The van der Waals surface area contributed by atoms with Crippen LogP contribution in [0, 0.1) is 11.6 Å². The lowest BCUT2D eigenvalue weighted by atomic mass is 10.2. The highest BCUT2D eigenvalue weighted by Crippen LogP contribution is 2.33. The lowest BCUT2D eigenvalue weighted by molar-refractivity contribution is 0.0948. The fourth-order valence-corrected chi connectivity index (χ4v) is 3.80. The quantitative estimate of drug-likeness (QED) is 0.317. The van der Waals surface area contributed by atoms with Crippen molar-refractivity contribution in [2.45, 2.75) is 32.7 Å². The number of methoxy groups -OCH3 is 2. The first-order valence-corrected chi connectivity index (χ1v) is 11.8. The van der Waals surface area contributed by atoms with Crippen LogP contribution in [0.4, 0.5) is 8.78 Å². The Morgan fingerprint density at radius 2 is 1.76 bits per heavy atom. The van der Waals surface area contributed by atoms with Gasteiger partial charge in [0.15, 0.2) is 17.2 Å². The minimum Gasteiger partial charge on any atom is -0.494 e. The molecule has 0 unspecified atom stereocenters. The number of nitrogens with one attached hydrogen (secondary N) is 2. The van der Waals surface area contributed by atoms with Crippen molar-refractivity contribution < 1.29 is 28.2 Å². The molecule has 0 fully saturated rings. The molecule has 3 rings (SSSR count). The zero-order chi connectivity index (χ0) is 26.9. The maximum absolute atomic E-state index is 13.8. The Balaban J connectivity index is 1.86. The molecule has 1 aromatic heterocycles. The number of benzene rings is 2. The number of unbranched alkanes of at least 4 members (excludes halogenated alkanes) is 1. The number of hydrogen-bond donors (Lipinski definition) is 3. The Bertz CT molecular complexity index is 1290. The van der Waals surface area contributed by atoms with Gasteiger partial charge in [-0.15, -0.1) is 0 Å². The third kappa shape index (κ3) is 6.23. The van der Waals surface area contributed by atoms with Crippen molar-refractivity contribution in [3.8, 4) is 23.1 Å². The summed E-state index contributed by atoms with van der Waals surface area (Å²) in [7, 11) is 2.89. The van der Waals surface area contributed by atoms with Crippen molar-refractivity contribution in [3.05, 3.63) is 75.3 Å². The molecule has 198 valence electrons. The average molecular weight is 517 g/mol. The van der Waals surface area contributed by atoms with Crippen LogP contribution in [0.1, 0.15) is 41.5 Å².